The van der Waals surface area contributed by atoms with Crippen molar-refractivity contribution in [3.63, 3.8) is 0 Å². The van der Waals surface area contributed by atoms with Gasteiger partial charge in [0, 0.05) is 26.2 Å². The summed E-state index contributed by atoms with van der Waals surface area (Å²) in [6.07, 6.45) is 3.67. The van der Waals surface area contributed by atoms with E-state index < -0.39 is 0 Å². The highest BCUT2D eigenvalue weighted by molar-refractivity contribution is 5.86. The first kappa shape index (κ1) is 23.4. The second-order valence-electron chi connectivity index (χ2n) is 10.1. The number of nitrogens with zero attached hydrogens (tertiary/aromatic N) is 5. The molecule has 0 saturated carbocycles. The maximum atomic E-state index is 12.7. The number of aromatic nitrogens is 2. The largest absolute Gasteiger partial charge is 0.445 e. The standard InChI is InChI=1S/C30H31N5O2/c1-21-27(23-13-17-34(18-14-23)30(36)37-20-22-9-3-2-4-10-22)24(19-31)28-32-25-11-5-6-12-26(25)35(28)29(21)33-15-7-8-16-33/h2-6,9-12,23H,7-8,13-18,20H2,1H3. The molecule has 0 radical (unpaired) electrons. The van der Waals surface area contributed by atoms with Crippen molar-refractivity contribution in [3.8, 4) is 6.07 Å². The van der Waals surface area contributed by atoms with E-state index in [1.165, 1.54) is 24.2 Å². The molecule has 0 spiro atoms. The summed E-state index contributed by atoms with van der Waals surface area (Å²) in [7, 11) is 0. The van der Waals surface area contributed by atoms with Gasteiger partial charge in [-0.1, -0.05) is 42.5 Å². The zero-order valence-electron chi connectivity index (χ0n) is 21.2. The zero-order chi connectivity index (χ0) is 25.4. The van der Waals surface area contributed by atoms with Crippen LogP contribution in [0.3, 0.4) is 0 Å². The molecule has 0 unspecified atom stereocenters. The zero-order valence-corrected chi connectivity index (χ0v) is 21.2. The number of benzene rings is 2. The molecule has 7 heteroatoms. The minimum Gasteiger partial charge on any atom is -0.445 e. The fourth-order valence-corrected chi connectivity index (χ4v) is 6.09. The van der Waals surface area contributed by atoms with Crippen molar-refractivity contribution in [2.24, 2.45) is 0 Å². The van der Waals surface area contributed by atoms with Gasteiger partial charge in [-0.2, -0.15) is 5.26 Å². The summed E-state index contributed by atoms with van der Waals surface area (Å²) in [5.74, 6) is 1.36. The average molecular weight is 494 g/mol. The molecule has 37 heavy (non-hydrogen) atoms. The van der Waals surface area contributed by atoms with E-state index in [9.17, 15) is 10.1 Å². The van der Waals surface area contributed by atoms with E-state index in [0.717, 1.165) is 53.7 Å². The van der Waals surface area contributed by atoms with Crippen LogP contribution in [0, 0.1) is 18.3 Å². The Balaban J connectivity index is 1.31. The van der Waals surface area contributed by atoms with Crippen molar-refractivity contribution in [3.05, 3.63) is 76.9 Å². The lowest BCUT2D eigenvalue weighted by Crippen LogP contribution is -2.38. The number of amides is 1. The molecular weight excluding hydrogens is 462 g/mol. The van der Waals surface area contributed by atoms with E-state index in [1.807, 2.05) is 48.5 Å². The van der Waals surface area contributed by atoms with Crippen LogP contribution in [0.5, 0.6) is 0 Å². The quantitative estimate of drug-likeness (QED) is 0.360. The summed E-state index contributed by atoms with van der Waals surface area (Å²) in [6, 6.07) is 20.4. The molecule has 2 aliphatic heterocycles. The molecule has 6 rings (SSSR count). The Morgan fingerprint density at radius 3 is 2.46 bits per heavy atom. The number of nitriles is 1. The van der Waals surface area contributed by atoms with Crippen molar-refractivity contribution >= 4 is 28.6 Å². The van der Waals surface area contributed by atoms with Gasteiger partial charge in [-0.3, -0.25) is 4.40 Å². The van der Waals surface area contributed by atoms with E-state index in [1.54, 1.807) is 4.90 Å². The van der Waals surface area contributed by atoms with Crippen LogP contribution in [0.4, 0.5) is 10.6 Å². The number of anilines is 1. The molecule has 0 bridgehead atoms. The monoisotopic (exact) mass is 493 g/mol. The normalized spacial score (nSPS) is 16.4. The number of para-hydroxylation sites is 2. The molecule has 4 aromatic rings. The molecule has 188 valence electrons. The number of pyridine rings is 1. The molecule has 2 aromatic heterocycles. The third-order valence-electron chi connectivity index (χ3n) is 7.89. The summed E-state index contributed by atoms with van der Waals surface area (Å²) in [5, 5.41) is 10.4. The fraction of sp³-hybridized carbons (Fsp3) is 0.367. The van der Waals surface area contributed by atoms with Crippen LogP contribution in [-0.2, 0) is 11.3 Å². The highest BCUT2D eigenvalue weighted by Gasteiger charge is 2.32. The first-order valence-electron chi connectivity index (χ1n) is 13.2. The van der Waals surface area contributed by atoms with Crippen LogP contribution in [0.15, 0.2) is 54.6 Å². The molecule has 7 nitrogen and oxygen atoms in total. The van der Waals surface area contributed by atoms with Gasteiger partial charge in [-0.05, 0) is 67.3 Å². The summed E-state index contributed by atoms with van der Waals surface area (Å²) >= 11 is 0. The molecule has 2 aromatic carbocycles. The molecule has 2 fully saturated rings. The molecule has 2 aliphatic rings. The summed E-state index contributed by atoms with van der Waals surface area (Å²) < 4.78 is 7.77. The van der Waals surface area contributed by atoms with E-state index in [-0.39, 0.29) is 18.6 Å². The van der Waals surface area contributed by atoms with Crippen LogP contribution < -0.4 is 4.90 Å². The van der Waals surface area contributed by atoms with Gasteiger partial charge in [0.25, 0.3) is 0 Å². The van der Waals surface area contributed by atoms with Gasteiger partial charge >= 0.3 is 6.09 Å². The predicted octanol–water partition coefficient (Wildman–Crippen LogP) is 5.78. The molecule has 0 atom stereocenters. The van der Waals surface area contributed by atoms with E-state index >= 15 is 0 Å². The highest BCUT2D eigenvalue weighted by Crippen LogP contribution is 2.40. The Labute approximate surface area is 216 Å². The number of likely N-dealkylation sites (tertiary alicyclic amines) is 1. The second kappa shape index (κ2) is 9.78. The number of fused-ring (bicyclic) bond motifs is 3. The minimum absolute atomic E-state index is 0.194. The second-order valence-corrected chi connectivity index (χ2v) is 10.1. The van der Waals surface area contributed by atoms with E-state index in [4.69, 9.17) is 9.72 Å². The Morgan fingerprint density at radius 2 is 1.73 bits per heavy atom. The van der Waals surface area contributed by atoms with Gasteiger partial charge in [-0.25, -0.2) is 9.78 Å². The third kappa shape index (κ3) is 4.17. The topological polar surface area (TPSA) is 73.9 Å². The lowest BCUT2D eigenvalue weighted by Gasteiger charge is -2.34. The Kier molecular flexibility index (Phi) is 6.17. The minimum atomic E-state index is -0.271. The molecule has 0 aliphatic carbocycles. The number of ether oxygens (including phenoxy) is 1. The van der Waals surface area contributed by atoms with Crippen LogP contribution in [0.2, 0.25) is 0 Å². The fourth-order valence-electron chi connectivity index (χ4n) is 6.09. The maximum absolute atomic E-state index is 12.7. The molecule has 4 heterocycles. The number of rotatable bonds is 4. The van der Waals surface area contributed by atoms with Gasteiger partial charge in [0.05, 0.1) is 16.6 Å². The van der Waals surface area contributed by atoms with Crippen molar-refractivity contribution in [2.75, 3.05) is 31.1 Å². The molecular formula is C30H31N5O2. The Bertz CT molecular complexity index is 1490. The summed E-state index contributed by atoms with van der Waals surface area (Å²) in [6.45, 7) is 5.70. The van der Waals surface area contributed by atoms with Gasteiger partial charge in [0.2, 0.25) is 0 Å². The van der Waals surface area contributed by atoms with Crippen LogP contribution in [0.1, 0.15) is 53.9 Å². The first-order chi connectivity index (χ1) is 18.2. The van der Waals surface area contributed by atoms with Crippen LogP contribution in [0.25, 0.3) is 16.7 Å². The summed E-state index contributed by atoms with van der Waals surface area (Å²) in [5.41, 5.74) is 6.62. The van der Waals surface area contributed by atoms with Crippen molar-refractivity contribution in [2.45, 2.75) is 45.1 Å². The summed E-state index contributed by atoms with van der Waals surface area (Å²) in [4.78, 5) is 21.9. The predicted molar refractivity (Wildman–Crippen MR) is 144 cm³/mol. The van der Waals surface area contributed by atoms with Crippen molar-refractivity contribution in [1.82, 2.24) is 14.3 Å². The van der Waals surface area contributed by atoms with Gasteiger partial charge < -0.3 is 14.5 Å². The van der Waals surface area contributed by atoms with Gasteiger partial charge in [-0.15, -0.1) is 0 Å². The number of carbonyl (C=O) groups excluding carboxylic acids is 1. The number of piperidine rings is 1. The molecule has 2 saturated heterocycles. The number of imidazole rings is 1. The number of hydrogen-bond donors (Lipinski definition) is 0. The van der Waals surface area contributed by atoms with E-state index in [2.05, 4.69) is 28.4 Å². The Hall–Kier alpha value is -4.05. The highest BCUT2D eigenvalue weighted by atomic mass is 16.6. The SMILES string of the molecule is Cc1c(C2CCN(C(=O)OCc3ccccc3)CC2)c(C#N)c2nc3ccccc3n2c1N1CCCC1. The lowest BCUT2D eigenvalue weighted by atomic mass is 9.84. The molecule has 1 amide bonds. The van der Waals surface area contributed by atoms with Crippen molar-refractivity contribution < 1.29 is 9.53 Å². The molecule has 0 N–H and O–H groups in total. The first-order valence-corrected chi connectivity index (χ1v) is 13.2. The lowest BCUT2D eigenvalue weighted by molar-refractivity contribution is 0.0870. The van der Waals surface area contributed by atoms with Gasteiger partial charge in [0.15, 0.2) is 5.65 Å². The van der Waals surface area contributed by atoms with E-state index in [0.29, 0.717) is 18.7 Å². The third-order valence-corrected chi connectivity index (χ3v) is 7.89. The van der Waals surface area contributed by atoms with Gasteiger partial charge in [0.1, 0.15) is 18.5 Å². The smallest absolute Gasteiger partial charge is 0.410 e. The average Bonchev–Trinajstić information content (AvgIpc) is 3.60. The van der Waals surface area contributed by atoms with Crippen LogP contribution >= 0.6 is 0 Å². The van der Waals surface area contributed by atoms with Crippen LogP contribution in [-0.4, -0.2) is 46.6 Å². The number of carbonyl (C=O) groups is 1. The maximum Gasteiger partial charge on any atom is 0.410 e. The Morgan fingerprint density at radius 1 is 1.03 bits per heavy atom. The number of hydrogen-bond acceptors (Lipinski definition) is 5. The van der Waals surface area contributed by atoms with Crippen molar-refractivity contribution in [1.29, 1.82) is 5.26 Å².